The third-order valence-corrected chi connectivity index (χ3v) is 7.30. The summed E-state index contributed by atoms with van der Waals surface area (Å²) in [6.45, 7) is 4.92. The summed E-state index contributed by atoms with van der Waals surface area (Å²) < 4.78 is 2.29. The average molecular weight is 480 g/mol. The number of aromatic nitrogens is 6. The Kier molecular flexibility index (Phi) is 5.71. The van der Waals surface area contributed by atoms with E-state index in [-0.39, 0.29) is 11.9 Å². The van der Waals surface area contributed by atoms with E-state index in [0.717, 1.165) is 76.9 Å². The molecule has 4 aromatic heterocycles. The van der Waals surface area contributed by atoms with Crippen molar-refractivity contribution < 1.29 is 4.79 Å². The molecule has 0 radical (unpaired) electrons. The molecule has 1 amide bonds. The van der Waals surface area contributed by atoms with Gasteiger partial charge in [-0.1, -0.05) is 6.42 Å². The number of hydrogen-bond acceptors (Lipinski definition) is 5. The van der Waals surface area contributed by atoms with Crippen LogP contribution in [0.5, 0.6) is 0 Å². The van der Waals surface area contributed by atoms with E-state index in [1.165, 1.54) is 0 Å². The van der Waals surface area contributed by atoms with Crippen molar-refractivity contribution in [3.8, 4) is 11.3 Å². The third kappa shape index (κ3) is 4.23. The molecule has 0 bridgehead atoms. The molecule has 5 aromatic rings. The number of carbonyl (C=O) groups excluding carboxylic acids is 1. The van der Waals surface area contributed by atoms with Crippen molar-refractivity contribution in [2.45, 2.75) is 52.1 Å². The fourth-order valence-corrected chi connectivity index (χ4v) is 5.52. The number of rotatable bonds is 5. The van der Waals surface area contributed by atoms with Crippen LogP contribution in [0, 0.1) is 19.8 Å². The number of carbonyl (C=O) groups is 1. The normalized spacial score (nSPS) is 18.1. The van der Waals surface area contributed by atoms with Gasteiger partial charge in [0.15, 0.2) is 0 Å². The zero-order chi connectivity index (χ0) is 24.6. The fraction of sp³-hybridized carbons (Fsp3) is 0.321. The number of nitrogens with one attached hydrogen (secondary N) is 2. The van der Waals surface area contributed by atoms with Gasteiger partial charge < -0.3 is 9.88 Å². The largest absolute Gasteiger partial charge is 0.349 e. The number of imidazole rings is 1. The molecule has 4 heterocycles. The van der Waals surface area contributed by atoms with Gasteiger partial charge in [0, 0.05) is 47.2 Å². The van der Waals surface area contributed by atoms with Crippen LogP contribution in [0.25, 0.3) is 33.2 Å². The topological polar surface area (TPSA) is 101 Å². The van der Waals surface area contributed by atoms with Crippen molar-refractivity contribution in [3.63, 3.8) is 0 Å². The molecule has 0 spiro atoms. The first-order chi connectivity index (χ1) is 17.5. The lowest BCUT2D eigenvalue weighted by molar-refractivity contribution is 0.0917. The molecular weight excluding hydrogens is 450 g/mol. The van der Waals surface area contributed by atoms with Crippen molar-refractivity contribution in [1.82, 2.24) is 35.0 Å². The molecule has 0 saturated heterocycles. The number of aryl methyl sites for hydroxylation is 2. The fourth-order valence-electron chi connectivity index (χ4n) is 5.52. The highest BCUT2D eigenvalue weighted by Gasteiger charge is 2.25. The van der Waals surface area contributed by atoms with Crippen LogP contribution >= 0.6 is 0 Å². The van der Waals surface area contributed by atoms with Crippen LogP contribution in [0.15, 0.2) is 55.0 Å². The van der Waals surface area contributed by atoms with Gasteiger partial charge in [0.2, 0.25) is 0 Å². The van der Waals surface area contributed by atoms with Crippen LogP contribution in [0.3, 0.4) is 0 Å². The summed E-state index contributed by atoms with van der Waals surface area (Å²) in [5.41, 5.74) is 6.38. The van der Waals surface area contributed by atoms with Gasteiger partial charge in [-0.3, -0.25) is 19.9 Å². The van der Waals surface area contributed by atoms with E-state index in [9.17, 15) is 4.79 Å². The Morgan fingerprint density at radius 3 is 2.94 bits per heavy atom. The van der Waals surface area contributed by atoms with Crippen molar-refractivity contribution >= 4 is 27.8 Å². The Morgan fingerprint density at radius 2 is 2.06 bits per heavy atom. The monoisotopic (exact) mass is 479 g/mol. The number of fused-ring (bicyclic) bond motifs is 2. The van der Waals surface area contributed by atoms with Crippen molar-refractivity contribution in [2.75, 3.05) is 0 Å². The summed E-state index contributed by atoms with van der Waals surface area (Å²) in [6.07, 6.45) is 9.66. The van der Waals surface area contributed by atoms with E-state index in [2.05, 4.69) is 42.0 Å². The van der Waals surface area contributed by atoms with Crippen LogP contribution in [0.1, 0.15) is 47.6 Å². The molecule has 1 fully saturated rings. The van der Waals surface area contributed by atoms with Crippen molar-refractivity contribution in [1.29, 1.82) is 0 Å². The molecular formula is C28H29N7O. The number of amides is 1. The summed E-state index contributed by atoms with van der Waals surface area (Å²) in [5, 5.41) is 11.8. The number of benzene rings is 1. The van der Waals surface area contributed by atoms with Gasteiger partial charge >= 0.3 is 0 Å². The molecule has 182 valence electrons. The van der Waals surface area contributed by atoms with Crippen LogP contribution < -0.4 is 5.32 Å². The lowest BCUT2D eigenvalue weighted by atomic mass is 9.85. The zero-order valence-corrected chi connectivity index (χ0v) is 20.5. The molecule has 36 heavy (non-hydrogen) atoms. The van der Waals surface area contributed by atoms with Gasteiger partial charge in [-0.25, -0.2) is 4.98 Å². The minimum Gasteiger partial charge on any atom is -0.349 e. The quantitative estimate of drug-likeness (QED) is 0.370. The number of hydrogen-bond donors (Lipinski definition) is 2. The Hall–Kier alpha value is -4.07. The first kappa shape index (κ1) is 22.4. The first-order valence-corrected chi connectivity index (χ1v) is 12.5. The van der Waals surface area contributed by atoms with E-state index in [0.29, 0.717) is 11.5 Å². The lowest BCUT2D eigenvalue weighted by Gasteiger charge is -2.30. The number of H-pyrrole nitrogens is 1. The van der Waals surface area contributed by atoms with Crippen LogP contribution in [0.2, 0.25) is 0 Å². The highest BCUT2D eigenvalue weighted by molar-refractivity contribution is 6.01. The van der Waals surface area contributed by atoms with E-state index < -0.39 is 0 Å². The minimum absolute atomic E-state index is 0.0315. The van der Waals surface area contributed by atoms with Crippen LogP contribution in [-0.2, 0) is 6.54 Å². The zero-order valence-electron chi connectivity index (χ0n) is 20.5. The summed E-state index contributed by atoms with van der Waals surface area (Å²) in [7, 11) is 0. The second kappa shape index (κ2) is 9.18. The standard InChI is InChI=1S/C28H29N7O/c1-17-12-20(8-11-30-17)27-23-14-21(6-7-24(23)33-34-27)28(36)32-22-5-3-4-19(13-22)16-35-18(2)31-25-15-29-10-9-26(25)35/h6-12,14-15,19,22H,3-5,13,16H2,1-2H3,(H,32,36)(H,33,34). The van der Waals surface area contributed by atoms with E-state index in [1.807, 2.05) is 55.7 Å². The molecule has 2 N–H and O–H groups in total. The Labute approximate surface area is 209 Å². The van der Waals surface area contributed by atoms with E-state index in [4.69, 9.17) is 0 Å². The van der Waals surface area contributed by atoms with Crippen LogP contribution in [-0.4, -0.2) is 41.7 Å². The van der Waals surface area contributed by atoms with Gasteiger partial charge in [0.05, 0.1) is 17.2 Å². The number of nitrogens with zero attached hydrogens (tertiary/aromatic N) is 5. The number of pyridine rings is 2. The summed E-state index contributed by atoms with van der Waals surface area (Å²) in [5.74, 6) is 1.47. The van der Waals surface area contributed by atoms with Gasteiger partial charge in [0.25, 0.3) is 5.91 Å². The molecule has 6 rings (SSSR count). The maximum Gasteiger partial charge on any atom is 0.251 e. The molecule has 2 atom stereocenters. The molecule has 0 aliphatic heterocycles. The summed E-state index contributed by atoms with van der Waals surface area (Å²) in [4.78, 5) is 26.4. The molecule has 1 saturated carbocycles. The predicted octanol–water partition coefficient (Wildman–Crippen LogP) is 4.98. The Bertz CT molecular complexity index is 1570. The van der Waals surface area contributed by atoms with Crippen molar-refractivity contribution in [3.05, 3.63) is 72.1 Å². The average Bonchev–Trinajstić information content (AvgIpc) is 3.44. The second-order valence-electron chi connectivity index (χ2n) is 9.86. The molecule has 1 aromatic carbocycles. The number of aromatic amines is 1. The molecule has 1 aliphatic carbocycles. The van der Waals surface area contributed by atoms with Gasteiger partial charge in [-0.2, -0.15) is 5.10 Å². The molecule has 8 heteroatoms. The highest BCUT2D eigenvalue weighted by atomic mass is 16.1. The maximum absolute atomic E-state index is 13.3. The SMILES string of the molecule is Cc1cc(-c2n[nH]c3ccc(C(=O)NC4CCCC(Cn5c(C)nc6cnccc65)C4)cc23)ccn1. The molecule has 2 unspecified atom stereocenters. The van der Waals surface area contributed by atoms with Gasteiger partial charge in [-0.15, -0.1) is 0 Å². The first-order valence-electron chi connectivity index (χ1n) is 12.5. The second-order valence-corrected chi connectivity index (χ2v) is 9.86. The third-order valence-electron chi connectivity index (χ3n) is 7.30. The minimum atomic E-state index is -0.0315. The lowest BCUT2D eigenvalue weighted by Crippen LogP contribution is -2.39. The van der Waals surface area contributed by atoms with Gasteiger partial charge in [-0.05, 0) is 75.4 Å². The van der Waals surface area contributed by atoms with E-state index >= 15 is 0 Å². The molecule has 8 nitrogen and oxygen atoms in total. The van der Waals surface area contributed by atoms with Crippen molar-refractivity contribution in [2.24, 2.45) is 5.92 Å². The van der Waals surface area contributed by atoms with E-state index in [1.54, 1.807) is 6.20 Å². The Balaban J connectivity index is 1.18. The molecule has 1 aliphatic rings. The summed E-state index contributed by atoms with van der Waals surface area (Å²) in [6, 6.07) is 11.9. The highest BCUT2D eigenvalue weighted by Crippen LogP contribution is 2.29. The maximum atomic E-state index is 13.3. The summed E-state index contributed by atoms with van der Waals surface area (Å²) >= 11 is 0. The predicted molar refractivity (Wildman–Crippen MR) is 140 cm³/mol. The smallest absolute Gasteiger partial charge is 0.251 e. The Morgan fingerprint density at radius 1 is 1.14 bits per heavy atom. The van der Waals surface area contributed by atoms with Crippen LogP contribution in [0.4, 0.5) is 0 Å². The van der Waals surface area contributed by atoms with Gasteiger partial charge in [0.1, 0.15) is 17.0 Å².